The van der Waals surface area contributed by atoms with Crippen LogP contribution < -0.4 is 5.73 Å². The largest absolute Gasteiger partial charge is 0.398 e. The van der Waals surface area contributed by atoms with Crippen molar-refractivity contribution in [1.82, 2.24) is 4.98 Å². The Morgan fingerprint density at radius 1 is 1.36 bits per heavy atom. The zero-order valence-electron chi connectivity index (χ0n) is 8.03. The first-order chi connectivity index (χ1) is 6.83. The number of hydrogen-bond acceptors (Lipinski definition) is 3. The highest BCUT2D eigenvalue weighted by Gasteiger charge is 2.03. The molecule has 14 heavy (non-hydrogen) atoms. The van der Waals surface area contributed by atoms with Crippen molar-refractivity contribution in [2.24, 2.45) is 0 Å². The summed E-state index contributed by atoms with van der Waals surface area (Å²) in [5.41, 5.74) is 7.68. The first-order valence-electron chi connectivity index (χ1n) is 4.59. The quantitative estimate of drug-likeness (QED) is 0.604. The smallest absolute Gasteiger partial charge is 0.0858 e. The van der Waals surface area contributed by atoms with E-state index in [-0.39, 0.29) is 0 Å². The van der Waals surface area contributed by atoms with Gasteiger partial charge in [0.15, 0.2) is 0 Å². The minimum atomic E-state index is 0.800. The lowest BCUT2D eigenvalue weighted by atomic mass is 10.2. The lowest BCUT2D eigenvalue weighted by molar-refractivity contribution is 1.35. The van der Waals surface area contributed by atoms with Gasteiger partial charge in [-0.25, -0.2) is 0 Å². The molecule has 0 radical (unpaired) electrons. The van der Waals surface area contributed by atoms with E-state index in [1.54, 1.807) is 11.8 Å². The van der Waals surface area contributed by atoms with Gasteiger partial charge in [0.1, 0.15) is 0 Å². The highest BCUT2D eigenvalue weighted by atomic mass is 32.2. The number of nitrogen functional groups attached to an aromatic ring is 1. The van der Waals surface area contributed by atoms with Crippen molar-refractivity contribution in [2.75, 3.05) is 11.5 Å². The highest BCUT2D eigenvalue weighted by Crippen LogP contribution is 2.29. The Labute approximate surface area is 87.5 Å². The molecule has 2 nitrogen and oxygen atoms in total. The van der Waals surface area contributed by atoms with Gasteiger partial charge in [-0.05, 0) is 30.0 Å². The average Bonchev–Trinajstić information content (AvgIpc) is 2.23. The van der Waals surface area contributed by atoms with Gasteiger partial charge in [-0.15, -0.1) is 11.8 Å². The first kappa shape index (κ1) is 9.34. The van der Waals surface area contributed by atoms with E-state index in [9.17, 15) is 0 Å². The fourth-order valence-corrected chi connectivity index (χ4v) is 2.22. The SMILES string of the molecule is CCSc1ccc(N)c2cccnc12. The van der Waals surface area contributed by atoms with E-state index < -0.39 is 0 Å². The highest BCUT2D eigenvalue weighted by molar-refractivity contribution is 7.99. The second kappa shape index (κ2) is 3.88. The van der Waals surface area contributed by atoms with Crippen LogP contribution in [0.3, 0.4) is 0 Å². The van der Waals surface area contributed by atoms with E-state index in [1.807, 2.05) is 30.5 Å². The number of hydrogen-bond donors (Lipinski definition) is 1. The molecule has 3 heteroatoms. The van der Waals surface area contributed by atoms with Crippen LogP contribution in [0.5, 0.6) is 0 Å². The maximum atomic E-state index is 5.87. The van der Waals surface area contributed by atoms with Crippen LogP contribution >= 0.6 is 11.8 Å². The molecular weight excluding hydrogens is 192 g/mol. The lowest BCUT2D eigenvalue weighted by Crippen LogP contribution is -1.90. The summed E-state index contributed by atoms with van der Waals surface area (Å²) in [4.78, 5) is 5.57. The molecule has 0 fully saturated rings. The molecule has 72 valence electrons. The van der Waals surface area contributed by atoms with Crippen molar-refractivity contribution in [2.45, 2.75) is 11.8 Å². The number of anilines is 1. The fraction of sp³-hybridized carbons (Fsp3) is 0.182. The third kappa shape index (κ3) is 1.55. The first-order valence-corrected chi connectivity index (χ1v) is 5.57. The maximum Gasteiger partial charge on any atom is 0.0858 e. The second-order valence-electron chi connectivity index (χ2n) is 2.99. The number of benzene rings is 1. The van der Waals surface area contributed by atoms with E-state index in [4.69, 9.17) is 5.73 Å². The van der Waals surface area contributed by atoms with E-state index in [1.165, 1.54) is 4.90 Å². The van der Waals surface area contributed by atoms with Crippen molar-refractivity contribution in [3.05, 3.63) is 30.5 Å². The Hall–Kier alpha value is -1.22. The second-order valence-corrected chi connectivity index (χ2v) is 4.29. The van der Waals surface area contributed by atoms with Gasteiger partial charge in [-0.3, -0.25) is 4.98 Å². The van der Waals surface area contributed by atoms with Crippen molar-refractivity contribution < 1.29 is 0 Å². The monoisotopic (exact) mass is 204 g/mol. The van der Waals surface area contributed by atoms with Gasteiger partial charge in [-0.2, -0.15) is 0 Å². The third-order valence-electron chi connectivity index (χ3n) is 2.07. The third-order valence-corrected chi connectivity index (χ3v) is 3.00. The lowest BCUT2D eigenvalue weighted by Gasteiger charge is -2.05. The van der Waals surface area contributed by atoms with Gasteiger partial charge in [0, 0.05) is 22.2 Å². The van der Waals surface area contributed by atoms with Gasteiger partial charge >= 0.3 is 0 Å². The zero-order valence-corrected chi connectivity index (χ0v) is 8.84. The van der Waals surface area contributed by atoms with E-state index in [2.05, 4.69) is 11.9 Å². The summed E-state index contributed by atoms with van der Waals surface area (Å²) in [7, 11) is 0. The molecular formula is C11H12N2S. The van der Waals surface area contributed by atoms with Crippen LogP contribution in [0.15, 0.2) is 35.4 Å². The minimum Gasteiger partial charge on any atom is -0.398 e. The Kier molecular flexibility index (Phi) is 2.59. The normalized spacial score (nSPS) is 10.6. The topological polar surface area (TPSA) is 38.9 Å². The fourth-order valence-electron chi connectivity index (χ4n) is 1.44. The van der Waals surface area contributed by atoms with Crippen molar-refractivity contribution in [1.29, 1.82) is 0 Å². The summed E-state index contributed by atoms with van der Waals surface area (Å²) < 4.78 is 0. The number of thioether (sulfide) groups is 1. The van der Waals surface area contributed by atoms with Gasteiger partial charge in [0.25, 0.3) is 0 Å². The molecule has 2 aromatic rings. The van der Waals surface area contributed by atoms with Gasteiger partial charge in [0.05, 0.1) is 5.52 Å². The summed E-state index contributed by atoms with van der Waals surface area (Å²) in [6, 6.07) is 7.91. The predicted molar refractivity (Wildman–Crippen MR) is 62.6 cm³/mol. The summed E-state index contributed by atoms with van der Waals surface area (Å²) in [6.45, 7) is 2.13. The summed E-state index contributed by atoms with van der Waals surface area (Å²) >= 11 is 1.80. The van der Waals surface area contributed by atoms with Crippen LogP contribution in [0, 0.1) is 0 Å². The molecule has 1 aromatic carbocycles. The molecule has 0 saturated carbocycles. The standard InChI is InChI=1S/C11H12N2S/c1-2-14-10-6-5-9(12)8-4-3-7-13-11(8)10/h3-7H,2,12H2,1H3. The molecule has 1 heterocycles. The van der Waals surface area contributed by atoms with Crippen molar-refractivity contribution >= 4 is 28.4 Å². The summed E-state index contributed by atoms with van der Waals surface area (Å²) in [6.07, 6.45) is 1.81. The molecule has 0 aliphatic rings. The van der Waals surface area contributed by atoms with Gasteiger partial charge < -0.3 is 5.73 Å². The number of rotatable bonds is 2. The zero-order chi connectivity index (χ0) is 9.97. The number of aromatic nitrogens is 1. The summed E-state index contributed by atoms with van der Waals surface area (Å²) in [5, 5.41) is 1.05. The van der Waals surface area contributed by atoms with Crippen molar-refractivity contribution in [3.8, 4) is 0 Å². The number of fused-ring (bicyclic) bond motifs is 1. The molecule has 0 amide bonds. The Balaban J connectivity index is 2.68. The van der Waals surface area contributed by atoms with Gasteiger partial charge in [-0.1, -0.05) is 6.92 Å². The molecule has 2 N–H and O–H groups in total. The molecule has 0 spiro atoms. The van der Waals surface area contributed by atoms with Crippen LogP contribution in [-0.2, 0) is 0 Å². The Morgan fingerprint density at radius 2 is 2.21 bits per heavy atom. The number of pyridine rings is 1. The molecule has 0 atom stereocenters. The maximum absolute atomic E-state index is 5.87. The Morgan fingerprint density at radius 3 is 3.00 bits per heavy atom. The minimum absolute atomic E-state index is 0.800. The van der Waals surface area contributed by atoms with Crippen LogP contribution in [0.1, 0.15) is 6.92 Å². The van der Waals surface area contributed by atoms with Crippen LogP contribution in [0.4, 0.5) is 5.69 Å². The molecule has 2 rings (SSSR count). The van der Waals surface area contributed by atoms with E-state index >= 15 is 0 Å². The molecule has 0 bridgehead atoms. The number of nitrogens with two attached hydrogens (primary N) is 1. The van der Waals surface area contributed by atoms with Crippen LogP contribution in [0.2, 0.25) is 0 Å². The predicted octanol–water partition coefficient (Wildman–Crippen LogP) is 2.93. The average molecular weight is 204 g/mol. The van der Waals surface area contributed by atoms with Crippen LogP contribution in [-0.4, -0.2) is 10.7 Å². The molecule has 1 aromatic heterocycles. The Bertz CT molecular complexity index is 454. The molecule has 0 aliphatic heterocycles. The summed E-state index contributed by atoms with van der Waals surface area (Å²) in [5.74, 6) is 1.05. The number of nitrogens with zero attached hydrogens (tertiary/aromatic N) is 1. The molecule has 0 saturated heterocycles. The molecule has 0 unspecified atom stereocenters. The van der Waals surface area contributed by atoms with Gasteiger partial charge in [0.2, 0.25) is 0 Å². The van der Waals surface area contributed by atoms with Crippen LogP contribution in [0.25, 0.3) is 10.9 Å². The molecule has 0 aliphatic carbocycles. The van der Waals surface area contributed by atoms with Crippen molar-refractivity contribution in [3.63, 3.8) is 0 Å². The van der Waals surface area contributed by atoms with E-state index in [0.29, 0.717) is 0 Å². The van der Waals surface area contributed by atoms with E-state index in [0.717, 1.165) is 22.3 Å².